The fourth-order valence-corrected chi connectivity index (χ4v) is 23.1. The molecule has 149 heavy (non-hydrogen) atoms. The number of nitrogens with zero attached hydrogens (tertiary/aromatic N) is 5. The first-order valence-corrected chi connectivity index (χ1v) is 51.9. The second kappa shape index (κ2) is 36.5. The number of pyridine rings is 4. The second-order valence-electron chi connectivity index (χ2n) is 43.2. The number of benzene rings is 23. The average Bonchev–Trinajstić information content (AvgIpc) is 1.33. The molecule has 5 heterocycles. The number of rotatable bonds is 13. The Hall–Kier alpha value is -18.2. The third kappa shape index (κ3) is 16.5. The van der Waals surface area contributed by atoms with E-state index in [9.17, 15) is 0 Å². The Bertz CT molecular complexity index is 9860. The molecule has 28 rings (SSSR count). The Balaban J connectivity index is 0.000000113. The van der Waals surface area contributed by atoms with Gasteiger partial charge in [0.1, 0.15) is 0 Å². The summed E-state index contributed by atoms with van der Waals surface area (Å²) in [5, 5.41) is 28.6. The van der Waals surface area contributed by atoms with Crippen LogP contribution in [-0.4, -0.2) is 24.5 Å². The normalized spacial score (nSPS) is 12.1. The summed E-state index contributed by atoms with van der Waals surface area (Å²) in [7, 11) is 0. The molecule has 0 fully saturated rings. The van der Waals surface area contributed by atoms with Crippen LogP contribution in [0.5, 0.6) is 0 Å². The van der Waals surface area contributed by atoms with Gasteiger partial charge in [-0.25, -0.2) is 0 Å². The summed E-state index contributed by atoms with van der Waals surface area (Å²) >= 11 is 0. The lowest BCUT2D eigenvalue weighted by molar-refractivity contribution is 0.591. The summed E-state index contributed by atoms with van der Waals surface area (Å²) in [6.07, 6.45) is 11.1. The van der Waals surface area contributed by atoms with Crippen LogP contribution in [0, 0.1) is 0 Å². The lowest BCUT2D eigenvalue weighted by Crippen LogP contribution is -2.10. The molecule has 0 radical (unpaired) electrons. The van der Waals surface area contributed by atoms with Gasteiger partial charge in [0.15, 0.2) is 0 Å². The molecular weight excluding hydrogens is 1800 g/mol. The highest BCUT2D eigenvalue weighted by molar-refractivity contribution is 6.32. The topological polar surface area (TPSA) is 56.5 Å². The summed E-state index contributed by atoms with van der Waals surface area (Å²) in [4.78, 5) is 17.7. The molecule has 5 nitrogen and oxygen atoms in total. The predicted octanol–water partition coefficient (Wildman–Crippen LogP) is 39.5. The Morgan fingerprint density at radius 2 is 0.470 bits per heavy atom. The molecule has 0 saturated carbocycles. The smallest absolute Gasteiger partial charge is 0.0701 e. The van der Waals surface area contributed by atoms with Gasteiger partial charge < -0.3 is 4.57 Å². The van der Waals surface area contributed by atoms with Crippen molar-refractivity contribution in [1.29, 1.82) is 0 Å². The summed E-state index contributed by atoms with van der Waals surface area (Å²) in [5.41, 5.74) is 36.3. The third-order valence-corrected chi connectivity index (χ3v) is 31.0. The van der Waals surface area contributed by atoms with Gasteiger partial charge in [-0.1, -0.05) is 426 Å². The van der Waals surface area contributed by atoms with E-state index in [1.807, 2.05) is 79.6 Å². The van der Waals surface area contributed by atoms with Crippen LogP contribution in [0.4, 0.5) is 0 Å². The first kappa shape index (κ1) is 90.8. The molecule has 0 aliphatic carbocycles. The standard InChI is InChI=1S/C49H36N2.C48H36N2.C47H35N/c1-49(2,3)36-27-34-22-24-40-42(31-18-20-32(21-19-31)44-15-8-9-26-50-44)30-43(41-25-23-35(28-36)47(34)48(40)41)33-11-10-12-37(29-33)51-45-16-6-4-13-38(45)39-14-5-7-17-46(39)51;1-48(2,3)40-28-38-19-21-41-43(35-13-11-32(12-14-35)31-7-9-33(10-8-31)34-23-26-49-27-24-34)30-44(42-22-20-39(29-40)46(38)47(41)42)36-15-17-37(18-16-36)45-6-4-5-25-50-45;1-47(2,3)38-26-35-21-23-41-43(33-15-13-30(14-16-33)37-10-7-25-48-29-37)28-44(42-24-22-36(27-38)45(35)46(41)42)34-19-17-32(18-20-34)40-12-6-9-31-8-4-5-11-39(31)40/h4-30H,1-3H3;4-30H,1-3H3;4-29H,1-3H3. The number of hydrogen-bond donors (Lipinski definition) is 0. The van der Waals surface area contributed by atoms with Crippen molar-refractivity contribution in [2.24, 2.45) is 0 Å². The van der Waals surface area contributed by atoms with Crippen LogP contribution in [0.1, 0.15) is 79.0 Å². The highest BCUT2D eigenvalue weighted by Gasteiger charge is 2.28. The molecule has 0 amide bonds. The van der Waals surface area contributed by atoms with Crippen LogP contribution in [0.2, 0.25) is 0 Å². The van der Waals surface area contributed by atoms with Gasteiger partial charge in [0, 0.05) is 64.8 Å². The van der Waals surface area contributed by atoms with Gasteiger partial charge in [0.05, 0.1) is 22.4 Å². The van der Waals surface area contributed by atoms with Gasteiger partial charge in [0.25, 0.3) is 0 Å². The quantitative estimate of drug-likeness (QED) is 0.108. The van der Waals surface area contributed by atoms with E-state index in [0.29, 0.717) is 0 Å². The predicted molar refractivity (Wildman–Crippen MR) is 635 cm³/mol. The summed E-state index contributed by atoms with van der Waals surface area (Å²) in [6.45, 7) is 20.7. The van der Waals surface area contributed by atoms with E-state index in [1.165, 1.54) is 252 Å². The third-order valence-electron chi connectivity index (χ3n) is 31.0. The number of hydrogen-bond acceptors (Lipinski definition) is 4. The van der Waals surface area contributed by atoms with E-state index < -0.39 is 0 Å². The van der Waals surface area contributed by atoms with Crippen LogP contribution in [-0.2, 0) is 16.2 Å². The monoisotopic (exact) mass is 1910 g/mol. The van der Waals surface area contributed by atoms with Crippen LogP contribution in [0.3, 0.4) is 0 Å². The molecule has 23 aromatic carbocycles. The zero-order valence-corrected chi connectivity index (χ0v) is 84.9. The molecule has 5 aromatic heterocycles. The Morgan fingerprint density at radius 1 is 0.168 bits per heavy atom. The molecule has 0 unspecified atom stereocenters. The first-order chi connectivity index (χ1) is 72.7. The zero-order valence-electron chi connectivity index (χ0n) is 84.9. The van der Waals surface area contributed by atoms with Crippen LogP contribution in [0.25, 0.3) is 269 Å². The SMILES string of the molecule is CC(C)(C)c1cc2ccc3c(-c4ccc(-c5ccc(-c6ccncc6)cc5)cc4)cc(-c4ccc(-c5ccccn5)cc4)c4ccc(c1)c2c34.CC(C)(C)c1cc2ccc3c(-c4ccc(-c5ccccn5)cc4)cc(-c4cccc(-n5c6ccccc6c6ccccc65)c4)c4ccc(c1)c2c34.CC(C)(C)c1cc2ccc3c(-c4ccc(-c5cccnc5)cc4)cc(-c4ccc(-c5cccc6ccccc56)cc4)c4ccc(c1)c2c34. The lowest BCUT2D eigenvalue weighted by Gasteiger charge is -2.23. The minimum Gasteiger partial charge on any atom is -0.309 e. The maximum atomic E-state index is 4.60. The van der Waals surface area contributed by atoms with Crippen molar-refractivity contribution in [3.8, 4) is 139 Å². The number of para-hydroxylation sites is 2. The molecule has 708 valence electrons. The first-order valence-electron chi connectivity index (χ1n) is 51.9. The molecule has 0 atom stereocenters. The molecule has 0 N–H and O–H groups in total. The van der Waals surface area contributed by atoms with Gasteiger partial charge >= 0.3 is 0 Å². The molecule has 0 bridgehead atoms. The van der Waals surface area contributed by atoms with Crippen LogP contribution >= 0.6 is 0 Å². The van der Waals surface area contributed by atoms with Gasteiger partial charge in [0.2, 0.25) is 0 Å². The highest BCUT2D eigenvalue weighted by atomic mass is 15.0. The summed E-state index contributed by atoms with van der Waals surface area (Å²) in [6, 6.07) is 166. The van der Waals surface area contributed by atoms with Crippen LogP contribution < -0.4 is 0 Å². The number of fused-ring (bicyclic) bond motifs is 4. The maximum absolute atomic E-state index is 4.60. The van der Waals surface area contributed by atoms with E-state index in [4.69, 9.17) is 0 Å². The number of aromatic nitrogens is 5. The van der Waals surface area contributed by atoms with E-state index >= 15 is 0 Å². The Labute approximate surface area is 868 Å². The molecular formula is C144H107N5. The van der Waals surface area contributed by atoms with Gasteiger partial charge in [-0.05, 0) is 337 Å². The molecule has 0 saturated heterocycles. The molecule has 0 spiro atoms. The average molecular weight is 1910 g/mol. The van der Waals surface area contributed by atoms with E-state index in [-0.39, 0.29) is 16.2 Å². The highest BCUT2D eigenvalue weighted by Crippen LogP contribution is 2.52. The lowest BCUT2D eigenvalue weighted by atomic mass is 9.81. The van der Waals surface area contributed by atoms with E-state index in [2.05, 4.69) is 493 Å². The fourth-order valence-electron chi connectivity index (χ4n) is 23.1. The van der Waals surface area contributed by atoms with Gasteiger partial charge in [-0.2, -0.15) is 0 Å². The van der Waals surface area contributed by atoms with Crippen molar-refractivity contribution in [3.05, 3.63) is 503 Å². The largest absolute Gasteiger partial charge is 0.309 e. The fraction of sp³-hybridized carbons (Fsp3) is 0.0833. The van der Waals surface area contributed by atoms with E-state index in [0.717, 1.165) is 33.8 Å². The second-order valence-corrected chi connectivity index (χ2v) is 43.2. The van der Waals surface area contributed by atoms with Crippen molar-refractivity contribution < 1.29 is 0 Å². The molecule has 0 aliphatic heterocycles. The maximum Gasteiger partial charge on any atom is 0.0701 e. The summed E-state index contributed by atoms with van der Waals surface area (Å²) < 4.78 is 2.41. The van der Waals surface area contributed by atoms with Crippen LogP contribution in [0.15, 0.2) is 486 Å². The van der Waals surface area contributed by atoms with Gasteiger partial charge in [-0.15, -0.1) is 0 Å². The Kier molecular flexibility index (Phi) is 22.3. The van der Waals surface area contributed by atoms with Crippen molar-refractivity contribution >= 4 is 130 Å². The van der Waals surface area contributed by atoms with Crippen molar-refractivity contribution in [1.82, 2.24) is 24.5 Å². The zero-order chi connectivity index (χ0) is 100. The Morgan fingerprint density at radius 3 is 0.826 bits per heavy atom. The molecule has 5 heteroatoms. The van der Waals surface area contributed by atoms with Crippen molar-refractivity contribution in [2.75, 3.05) is 0 Å². The van der Waals surface area contributed by atoms with Crippen molar-refractivity contribution in [3.63, 3.8) is 0 Å². The van der Waals surface area contributed by atoms with E-state index in [1.54, 1.807) is 0 Å². The van der Waals surface area contributed by atoms with Crippen molar-refractivity contribution in [2.45, 2.75) is 78.6 Å². The van der Waals surface area contributed by atoms with Gasteiger partial charge in [-0.3, -0.25) is 19.9 Å². The molecule has 0 aliphatic rings. The minimum atomic E-state index is 0.0589. The molecule has 28 aromatic rings. The summed E-state index contributed by atoms with van der Waals surface area (Å²) in [5.74, 6) is 0. The minimum absolute atomic E-state index is 0.0589.